The molecule has 0 atom stereocenters. The number of primary amides is 1. The van der Waals surface area contributed by atoms with Gasteiger partial charge in [0, 0.05) is 5.56 Å². The molecule has 2 nitrogen and oxygen atoms in total. The predicted molar refractivity (Wildman–Crippen MR) is 49.8 cm³/mol. The van der Waals surface area contributed by atoms with Crippen molar-refractivity contribution in [3.63, 3.8) is 0 Å². The molecule has 12 heavy (non-hydrogen) atoms. The monoisotopic (exact) mass is 159 g/mol. The number of hydrogen-bond acceptors (Lipinski definition) is 1. The van der Waals surface area contributed by atoms with Crippen molar-refractivity contribution in [1.29, 1.82) is 0 Å². The number of amides is 1. The molecule has 0 spiro atoms. The molecule has 3 heteroatoms. The molecule has 1 amide bonds. The first-order valence-corrected chi connectivity index (χ1v) is 3.69. The van der Waals surface area contributed by atoms with Crippen LogP contribution in [0, 0.1) is 13.8 Å². The summed E-state index contributed by atoms with van der Waals surface area (Å²) < 4.78 is 0. The molecule has 0 aliphatic rings. The van der Waals surface area contributed by atoms with E-state index in [9.17, 15) is 4.79 Å². The predicted octanol–water partition coefficient (Wildman–Crippen LogP) is 0.196. The Bertz CT molecular complexity index is 310. The van der Waals surface area contributed by atoms with Crippen molar-refractivity contribution in [3.8, 4) is 0 Å². The highest BCUT2D eigenvalue weighted by molar-refractivity contribution is 6.32. The molecular weight excluding hydrogens is 149 g/mol. The number of carbonyl (C=O) groups excluding carboxylic acids is 1. The van der Waals surface area contributed by atoms with E-state index in [4.69, 9.17) is 13.6 Å². The average Bonchev–Trinajstić information content (AvgIpc) is 1.82. The zero-order valence-electron chi connectivity index (χ0n) is 7.22. The van der Waals surface area contributed by atoms with E-state index in [-0.39, 0.29) is 0 Å². The van der Waals surface area contributed by atoms with Gasteiger partial charge in [-0.05, 0) is 25.0 Å². The van der Waals surface area contributed by atoms with Crippen LogP contribution in [0.2, 0.25) is 0 Å². The maximum absolute atomic E-state index is 10.9. The topological polar surface area (TPSA) is 43.1 Å². The fraction of sp³-hybridized carbons (Fsp3) is 0.222. The molecule has 0 fully saturated rings. The second-order valence-corrected chi connectivity index (χ2v) is 2.89. The Kier molecular flexibility index (Phi) is 2.22. The first-order valence-electron chi connectivity index (χ1n) is 3.69. The van der Waals surface area contributed by atoms with E-state index < -0.39 is 5.91 Å². The van der Waals surface area contributed by atoms with E-state index >= 15 is 0 Å². The highest BCUT2D eigenvalue weighted by Crippen LogP contribution is 2.10. The molecule has 1 aromatic rings. The van der Waals surface area contributed by atoms with Gasteiger partial charge in [0.25, 0.3) is 0 Å². The Morgan fingerprint density at radius 2 is 1.75 bits per heavy atom. The lowest BCUT2D eigenvalue weighted by molar-refractivity contribution is 0.0999. The molecule has 0 saturated carbocycles. The van der Waals surface area contributed by atoms with Crippen molar-refractivity contribution < 1.29 is 4.79 Å². The number of benzene rings is 1. The Morgan fingerprint density at radius 3 is 2.08 bits per heavy atom. The third-order valence-corrected chi connectivity index (χ3v) is 1.80. The molecule has 1 aromatic carbocycles. The lowest BCUT2D eigenvalue weighted by Crippen LogP contribution is -2.17. The molecule has 0 bridgehead atoms. The quantitative estimate of drug-likeness (QED) is 0.584. The third kappa shape index (κ3) is 1.50. The second-order valence-electron chi connectivity index (χ2n) is 2.89. The van der Waals surface area contributed by atoms with Crippen molar-refractivity contribution in [1.82, 2.24) is 0 Å². The van der Waals surface area contributed by atoms with Crippen LogP contribution >= 0.6 is 0 Å². The fourth-order valence-electron chi connectivity index (χ4n) is 1.39. The van der Waals surface area contributed by atoms with Crippen LogP contribution in [0.4, 0.5) is 0 Å². The van der Waals surface area contributed by atoms with Crippen LogP contribution in [0.3, 0.4) is 0 Å². The summed E-state index contributed by atoms with van der Waals surface area (Å²) in [6.45, 7) is 3.65. The number of carbonyl (C=O) groups is 1. The maximum Gasteiger partial charge on any atom is 0.249 e. The largest absolute Gasteiger partial charge is 0.366 e. The van der Waals surface area contributed by atoms with Crippen LogP contribution in [0.5, 0.6) is 0 Å². The van der Waals surface area contributed by atoms with Crippen LogP contribution in [0.15, 0.2) is 12.1 Å². The number of aryl methyl sites for hydroxylation is 2. The van der Waals surface area contributed by atoms with Crippen molar-refractivity contribution in [2.24, 2.45) is 5.73 Å². The van der Waals surface area contributed by atoms with Crippen LogP contribution in [-0.2, 0) is 0 Å². The van der Waals surface area contributed by atoms with E-state index in [1.807, 2.05) is 13.8 Å². The summed E-state index contributed by atoms with van der Waals surface area (Å²) in [4.78, 5) is 10.9. The van der Waals surface area contributed by atoms with Crippen LogP contribution in [0.1, 0.15) is 21.5 Å². The van der Waals surface area contributed by atoms with Gasteiger partial charge >= 0.3 is 0 Å². The molecule has 1 rings (SSSR count). The SMILES string of the molecule is [B]c1cc(C)c(C(N)=O)c(C)c1. The lowest BCUT2D eigenvalue weighted by Gasteiger charge is -2.06. The minimum absolute atomic E-state index is 0.398. The summed E-state index contributed by atoms with van der Waals surface area (Å²) in [5.41, 5.74) is 8.09. The van der Waals surface area contributed by atoms with Crippen molar-refractivity contribution in [3.05, 3.63) is 28.8 Å². The minimum Gasteiger partial charge on any atom is -0.366 e. The number of nitrogens with two attached hydrogens (primary N) is 1. The van der Waals surface area contributed by atoms with E-state index in [1.165, 1.54) is 0 Å². The normalized spacial score (nSPS) is 9.83. The molecule has 60 valence electrons. The molecule has 0 aliphatic carbocycles. The van der Waals surface area contributed by atoms with Crippen LogP contribution in [-0.4, -0.2) is 13.8 Å². The first kappa shape index (κ1) is 8.85. The molecule has 2 N–H and O–H groups in total. The Balaban J connectivity index is 3.38. The molecule has 0 heterocycles. The zero-order valence-corrected chi connectivity index (χ0v) is 7.22. The van der Waals surface area contributed by atoms with E-state index in [2.05, 4.69) is 0 Å². The van der Waals surface area contributed by atoms with Gasteiger partial charge in [-0.15, -0.1) is 0 Å². The standard InChI is InChI=1S/C9H10BNO/c1-5-3-7(10)4-6(2)8(5)9(11)12/h3-4H,1-2H3,(H2,11,12). The van der Waals surface area contributed by atoms with Gasteiger partial charge in [0.1, 0.15) is 7.85 Å². The minimum atomic E-state index is -0.398. The van der Waals surface area contributed by atoms with Gasteiger partial charge in [-0.25, -0.2) is 0 Å². The zero-order chi connectivity index (χ0) is 9.30. The average molecular weight is 159 g/mol. The highest BCUT2D eigenvalue weighted by Gasteiger charge is 2.07. The smallest absolute Gasteiger partial charge is 0.249 e. The van der Waals surface area contributed by atoms with Crippen LogP contribution in [0.25, 0.3) is 0 Å². The second kappa shape index (κ2) is 3.01. The van der Waals surface area contributed by atoms with Gasteiger partial charge in [0.05, 0.1) is 0 Å². The molecule has 2 radical (unpaired) electrons. The van der Waals surface area contributed by atoms with E-state index in [0.29, 0.717) is 11.0 Å². The molecule has 0 saturated heterocycles. The van der Waals surface area contributed by atoms with Crippen molar-refractivity contribution >= 4 is 19.2 Å². The van der Waals surface area contributed by atoms with Gasteiger partial charge in [0.15, 0.2) is 0 Å². The van der Waals surface area contributed by atoms with Gasteiger partial charge in [-0.2, -0.15) is 0 Å². The maximum atomic E-state index is 10.9. The summed E-state index contributed by atoms with van der Waals surface area (Å²) in [7, 11) is 5.58. The van der Waals surface area contributed by atoms with Gasteiger partial charge in [-0.1, -0.05) is 17.6 Å². The highest BCUT2D eigenvalue weighted by atomic mass is 16.1. The van der Waals surface area contributed by atoms with E-state index in [0.717, 1.165) is 11.1 Å². The molecule has 0 aromatic heterocycles. The van der Waals surface area contributed by atoms with Crippen molar-refractivity contribution in [2.75, 3.05) is 0 Å². The first-order chi connectivity index (χ1) is 5.52. The third-order valence-electron chi connectivity index (χ3n) is 1.80. The molecule has 0 aliphatic heterocycles. The fourth-order valence-corrected chi connectivity index (χ4v) is 1.39. The van der Waals surface area contributed by atoms with Gasteiger partial charge in [-0.3, -0.25) is 4.79 Å². The number of rotatable bonds is 1. The van der Waals surface area contributed by atoms with E-state index in [1.54, 1.807) is 12.1 Å². The Morgan fingerprint density at radius 1 is 1.33 bits per heavy atom. The summed E-state index contributed by atoms with van der Waals surface area (Å²) in [6.07, 6.45) is 0. The Labute approximate surface area is 73.2 Å². The summed E-state index contributed by atoms with van der Waals surface area (Å²) in [5.74, 6) is -0.398. The lowest BCUT2D eigenvalue weighted by atomic mass is 9.89. The van der Waals surface area contributed by atoms with Gasteiger partial charge in [0.2, 0.25) is 5.91 Å². The van der Waals surface area contributed by atoms with Gasteiger partial charge < -0.3 is 5.73 Å². The summed E-state index contributed by atoms with van der Waals surface area (Å²) in [6, 6.07) is 3.49. The Hall–Kier alpha value is -1.25. The van der Waals surface area contributed by atoms with Crippen LogP contribution < -0.4 is 11.2 Å². The molecule has 0 unspecified atom stereocenters. The summed E-state index contributed by atoms with van der Waals surface area (Å²) >= 11 is 0. The number of hydrogen-bond donors (Lipinski definition) is 1. The summed E-state index contributed by atoms with van der Waals surface area (Å²) in [5, 5.41) is 0. The molecular formula is C9H10BNO. The van der Waals surface area contributed by atoms with Crippen molar-refractivity contribution in [2.45, 2.75) is 13.8 Å².